The molecule has 1 aliphatic carbocycles. The van der Waals surface area contributed by atoms with Gasteiger partial charge in [-0.05, 0) is 43.7 Å². The van der Waals surface area contributed by atoms with Crippen molar-refractivity contribution in [2.45, 2.75) is 31.8 Å². The minimum absolute atomic E-state index is 0.0913. The molecule has 1 aliphatic rings. The van der Waals surface area contributed by atoms with Crippen LogP contribution in [0.15, 0.2) is 30.3 Å². The van der Waals surface area contributed by atoms with E-state index < -0.39 is 0 Å². The number of benzene rings is 1. The van der Waals surface area contributed by atoms with Gasteiger partial charge in [0.2, 0.25) is 5.88 Å². The molecule has 0 amide bonds. The largest absolute Gasteiger partial charge is 0.473 e. The molecule has 1 heterocycles. The monoisotopic (exact) mass is 282 g/mol. The van der Waals surface area contributed by atoms with Crippen LogP contribution in [0.3, 0.4) is 0 Å². The van der Waals surface area contributed by atoms with Crippen molar-refractivity contribution in [2.24, 2.45) is 5.92 Å². The van der Waals surface area contributed by atoms with Gasteiger partial charge in [-0.15, -0.1) is 0 Å². The quantitative estimate of drug-likeness (QED) is 0.939. The highest BCUT2D eigenvalue weighted by molar-refractivity contribution is 5.80. The van der Waals surface area contributed by atoms with E-state index in [2.05, 4.69) is 11.1 Å². The maximum absolute atomic E-state index is 9.28. The van der Waals surface area contributed by atoms with Gasteiger partial charge in [-0.2, -0.15) is 5.26 Å². The molecular formula is C17H18N2O2. The molecule has 0 unspecified atom stereocenters. The zero-order valence-corrected chi connectivity index (χ0v) is 11.8. The maximum atomic E-state index is 9.28. The molecule has 0 atom stereocenters. The predicted molar refractivity (Wildman–Crippen MR) is 79.9 cm³/mol. The van der Waals surface area contributed by atoms with E-state index in [1.54, 1.807) is 0 Å². The number of aliphatic hydroxyl groups excluding tert-OH is 1. The Labute approximate surface area is 124 Å². The molecule has 1 aromatic heterocycles. The van der Waals surface area contributed by atoms with E-state index in [0.29, 0.717) is 17.4 Å². The summed E-state index contributed by atoms with van der Waals surface area (Å²) in [5, 5.41) is 19.4. The SMILES string of the molecule is N#Cc1cc2ccccc2nc1OC1CCC(CO)CC1. The molecule has 4 heteroatoms. The van der Waals surface area contributed by atoms with E-state index >= 15 is 0 Å². The Morgan fingerprint density at radius 3 is 2.71 bits per heavy atom. The number of hydrogen-bond donors (Lipinski definition) is 1. The average Bonchev–Trinajstić information content (AvgIpc) is 2.55. The summed E-state index contributed by atoms with van der Waals surface area (Å²) in [6.07, 6.45) is 3.84. The van der Waals surface area contributed by atoms with Crippen molar-refractivity contribution in [2.75, 3.05) is 6.61 Å². The summed E-state index contributed by atoms with van der Waals surface area (Å²) in [4.78, 5) is 4.49. The standard InChI is InChI=1S/C17H18N2O2/c18-10-14-9-13-3-1-2-4-16(13)19-17(14)21-15-7-5-12(11-20)6-8-15/h1-4,9,12,15,20H,5-8,11H2. The number of nitriles is 1. The minimum Gasteiger partial charge on any atom is -0.473 e. The number of nitrogens with zero attached hydrogens (tertiary/aromatic N) is 2. The van der Waals surface area contributed by atoms with Crippen molar-refractivity contribution in [3.63, 3.8) is 0 Å². The van der Waals surface area contributed by atoms with E-state index in [1.807, 2.05) is 30.3 Å². The summed E-state index contributed by atoms with van der Waals surface area (Å²) < 4.78 is 5.96. The normalized spacial score (nSPS) is 21.9. The van der Waals surface area contributed by atoms with Gasteiger partial charge in [0.1, 0.15) is 17.7 Å². The average molecular weight is 282 g/mol. The smallest absolute Gasteiger partial charge is 0.232 e. The van der Waals surface area contributed by atoms with Gasteiger partial charge in [0, 0.05) is 12.0 Å². The van der Waals surface area contributed by atoms with E-state index in [9.17, 15) is 10.4 Å². The lowest BCUT2D eigenvalue weighted by Gasteiger charge is -2.27. The number of fused-ring (bicyclic) bond motifs is 1. The number of hydrogen-bond acceptors (Lipinski definition) is 4. The molecule has 1 fully saturated rings. The summed E-state index contributed by atoms with van der Waals surface area (Å²) in [5.41, 5.74) is 1.33. The molecule has 0 bridgehead atoms. The third-order valence-corrected chi connectivity index (χ3v) is 4.14. The van der Waals surface area contributed by atoms with Crippen LogP contribution in [0.5, 0.6) is 5.88 Å². The minimum atomic E-state index is 0.0913. The Bertz CT molecular complexity index is 670. The van der Waals surface area contributed by atoms with Crippen LogP contribution in [0.25, 0.3) is 10.9 Å². The highest BCUT2D eigenvalue weighted by Gasteiger charge is 2.23. The Balaban J connectivity index is 1.82. The molecule has 108 valence electrons. The van der Waals surface area contributed by atoms with Gasteiger partial charge in [0.05, 0.1) is 5.52 Å². The molecule has 2 aromatic rings. The first kappa shape index (κ1) is 13.8. The summed E-state index contributed by atoms with van der Waals surface area (Å²) in [6, 6.07) is 11.7. The number of pyridine rings is 1. The molecule has 3 rings (SSSR count). The third-order valence-electron chi connectivity index (χ3n) is 4.14. The molecule has 1 aromatic carbocycles. The van der Waals surface area contributed by atoms with Gasteiger partial charge in [-0.25, -0.2) is 4.98 Å². The van der Waals surface area contributed by atoms with Crippen LogP contribution >= 0.6 is 0 Å². The van der Waals surface area contributed by atoms with Gasteiger partial charge < -0.3 is 9.84 Å². The zero-order valence-electron chi connectivity index (χ0n) is 11.8. The molecule has 0 radical (unpaired) electrons. The summed E-state index contributed by atoms with van der Waals surface area (Å²) in [6.45, 7) is 0.254. The van der Waals surface area contributed by atoms with Crippen LogP contribution in [0.4, 0.5) is 0 Å². The zero-order chi connectivity index (χ0) is 14.7. The fourth-order valence-corrected chi connectivity index (χ4v) is 2.86. The lowest BCUT2D eigenvalue weighted by molar-refractivity contribution is 0.101. The van der Waals surface area contributed by atoms with Crippen molar-refractivity contribution >= 4 is 10.9 Å². The first-order chi connectivity index (χ1) is 10.3. The predicted octanol–water partition coefficient (Wildman–Crippen LogP) is 3.04. The Morgan fingerprint density at radius 2 is 2.00 bits per heavy atom. The number of ether oxygens (including phenoxy) is 1. The number of para-hydroxylation sites is 1. The second-order valence-corrected chi connectivity index (χ2v) is 5.59. The molecule has 0 saturated heterocycles. The number of aromatic nitrogens is 1. The van der Waals surface area contributed by atoms with E-state index in [4.69, 9.17) is 4.74 Å². The van der Waals surface area contributed by atoms with E-state index in [1.165, 1.54) is 0 Å². The topological polar surface area (TPSA) is 66.1 Å². The van der Waals surface area contributed by atoms with E-state index in [-0.39, 0.29) is 12.7 Å². The first-order valence-electron chi connectivity index (χ1n) is 7.37. The van der Waals surface area contributed by atoms with Crippen molar-refractivity contribution < 1.29 is 9.84 Å². The highest BCUT2D eigenvalue weighted by atomic mass is 16.5. The van der Waals surface area contributed by atoms with Crippen LogP contribution in [-0.2, 0) is 0 Å². The Kier molecular flexibility index (Phi) is 4.03. The maximum Gasteiger partial charge on any atom is 0.232 e. The van der Waals surface area contributed by atoms with Crippen LogP contribution in [0, 0.1) is 17.2 Å². The van der Waals surface area contributed by atoms with Gasteiger partial charge in [0.15, 0.2) is 0 Å². The van der Waals surface area contributed by atoms with Crippen molar-refractivity contribution in [1.82, 2.24) is 4.98 Å². The molecule has 1 N–H and O–H groups in total. The van der Waals surface area contributed by atoms with Crippen molar-refractivity contribution in [3.8, 4) is 11.9 Å². The number of aliphatic hydroxyl groups is 1. The number of rotatable bonds is 3. The Morgan fingerprint density at radius 1 is 1.24 bits per heavy atom. The van der Waals surface area contributed by atoms with Gasteiger partial charge in [-0.1, -0.05) is 18.2 Å². The molecule has 4 nitrogen and oxygen atoms in total. The lowest BCUT2D eigenvalue weighted by atomic mass is 9.88. The summed E-state index contributed by atoms with van der Waals surface area (Å²) in [5.74, 6) is 0.827. The summed E-state index contributed by atoms with van der Waals surface area (Å²) >= 11 is 0. The summed E-state index contributed by atoms with van der Waals surface area (Å²) in [7, 11) is 0. The third kappa shape index (κ3) is 2.98. The van der Waals surface area contributed by atoms with Gasteiger partial charge >= 0.3 is 0 Å². The van der Waals surface area contributed by atoms with Crippen LogP contribution in [0.1, 0.15) is 31.2 Å². The van der Waals surface area contributed by atoms with Gasteiger partial charge in [-0.3, -0.25) is 0 Å². The molecule has 21 heavy (non-hydrogen) atoms. The highest BCUT2D eigenvalue weighted by Crippen LogP contribution is 2.29. The second kappa shape index (κ2) is 6.11. The molecule has 1 saturated carbocycles. The fourth-order valence-electron chi connectivity index (χ4n) is 2.86. The van der Waals surface area contributed by atoms with Crippen LogP contribution in [-0.4, -0.2) is 22.8 Å². The van der Waals surface area contributed by atoms with Gasteiger partial charge in [0.25, 0.3) is 0 Å². The fraction of sp³-hybridized carbons (Fsp3) is 0.412. The van der Waals surface area contributed by atoms with Crippen molar-refractivity contribution in [1.29, 1.82) is 5.26 Å². The van der Waals surface area contributed by atoms with Crippen LogP contribution in [0.2, 0.25) is 0 Å². The second-order valence-electron chi connectivity index (χ2n) is 5.59. The molecule has 0 aliphatic heterocycles. The lowest BCUT2D eigenvalue weighted by Crippen LogP contribution is -2.26. The molecular weight excluding hydrogens is 264 g/mol. The van der Waals surface area contributed by atoms with E-state index in [0.717, 1.165) is 36.6 Å². The van der Waals surface area contributed by atoms with Crippen LogP contribution < -0.4 is 4.74 Å². The first-order valence-corrected chi connectivity index (χ1v) is 7.37. The molecule has 0 spiro atoms. The van der Waals surface area contributed by atoms with Crippen molar-refractivity contribution in [3.05, 3.63) is 35.9 Å². The Hall–Kier alpha value is -2.12.